The van der Waals surface area contributed by atoms with E-state index in [9.17, 15) is 22.8 Å². The number of amides is 2. The number of nitrogens with one attached hydrogen (secondary N) is 1. The van der Waals surface area contributed by atoms with Gasteiger partial charge in [0.15, 0.2) is 6.61 Å². The van der Waals surface area contributed by atoms with Crippen LogP contribution in [0.15, 0.2) is 66.7 Å². The number of thiophene rings is 1. The Morgan fingerprint density at radius 3 is 2.33 bits per heavy atom. The third kappa shape index (κ3) is 6.86. The van der Waals surface area contributed by atoms with Gasteiger partial charge in [-0.05, 0) is 35.9 Å². The molecule has 0 aliphatic carbocycles. The van der Waals surface area contributed by atoms with E-state index >= 15 is 0 Å². The zero-order valence-electron chi connectivity index (χ0n) is 19.5. The highest BCUT2D eigenvalue weighted by molar-refractivity contribution is 7.14. The molecule has 2 amide bonds. The lowest BCUT2D eigenvalue weighted by molar-refractivity contribution is -0.138. The minimum atomic E-state index is -4.47. The van der Waals surface area contributed by atoms with E-state index in [1.165, 1.54) is 29.5 Å². The van der Waals surface area contributed by atoms with Crippen molar-refractivity contribution in [3.63, 3.8) is 0 Å². The largest absolute Gasteiger partial charge is 0.484 e. The van der Waals surface area contributed by atoms with Crippen molar-refractivity contribution in [2.45, 2.75) is 19.3 Å². The summed E-state index contributed by atoms with van der Waals surface area (Å²) in [6.07, 6.45) is -4.47. The Morgan fingerprint density at radius 1 is 0.917 bits per heavy atom. The van der Waals surface area contributed by atoms with Crippen molar-refractivity contribution < 1.29 is 27.5 Å². The van der Waals surface area contributed by atoms with E-state index in [0.29, 0.717) is 43.4 Å². The Bertz CT molecular complexity index is 1180. The Hall–Kier alpha value is -3.37. The number of alkyl halides is 3. The number of piperazine rings is 1. The van der Waals surface area contributed by atoms with Gasteiger partial charge >= 0.3 is 6.18 Å². The summed E-state index contributed by atoms with van der Waals surface area (Å²) in [6, 6.07) is 18.0. The van der Waals surface area contributed by atoms with Gasteiger partial charge in [-0.2, -0.15) is 13.2 Å². The van der Waals surface area contributed by atoms with E-state index in [0.717, 1.165) is 10.9 Å². The van der Waals surface area contributed by atoms with E-state index in [-0.39, 0.29) is 24.6 Å². The summed E-state index contributed by atoms with van der Waals surface area (Å²) in [6.45, 7) is 3.02. The molecule has 0 spiro atoms. The highest BCUT2D eigenvalue weighted by Gasteiger charge is 2.33. The van der Waals surface area contributed by atoms with Crippen LogP contribution in [-0.2, 0) is 24.1 Å². The molecule has 0 saturated carbocycles. The van der Waals surface area contributed by atoms with Crippen LogP contribution in [0.1, 0.15) is 25.7 Å². The molecule has 1 fully saturated rings. The molecule has 1 aliphatic heterocycles. The second kappa shape index (κ2) is 11.6. The number of hydrogen-bond donors (Lipinski definition) is 1. The SMILES string of the molecule is O=C(NCc1ccccc1C(F)(F)F)c1ccc(CN2CCN(C(=O)COc3ccccc3)CC2)s1. The van der Waals surface area contributed by atoms with Crippen molar-refractivity contribution in [2.24, 2.45) is 0 Å². The topological polar surface area (TPSA) is 61.9 Å². The molecule has 1 aliphatic rings. The van der Waals surface area contributed by atoms with E-state index in [1.807, 2.05) is 36.4 Å². The fraction of sp³-hybridized carbons (Fsp3) is 0.308. The predicted molar refractivity (Wildman–Crippen MR) is 131 cm³/mol. The minimum Gasteiger partial charge on any atom is -0.484 e. The van der Waals surface area contributed by atoms with Gasteiger partial charge in [-0.15, -0.1) is 11.3 Å². The zero-order valence-corrected chi connectivity index (χ0v) is 20.3. The van der Waals surface area contributed by atoms with Crippen molar-refractivity contribution in [1.82, 2.24) is 15.1 Å². The van der Waals surface area contributed by atoms with E-state index in [1.54, 1.807) is 11.0 Å². The number of carbonyl (C=O) groups is 2. The average molecular weight is 518 g/mol. The van der Waals surface area contributed by atoms with Crippen LogP contribution >= 0.6 is 11.3 Å². The monoisotopic (exact) mass is 517 g/mol. The minimum absolute atomic E-state index is 0.000848. The van der Waals surface area contributed by atoms with Crippen molar-refractivity contribution in [3.05, 3.63) is 87.6 Å². The van der Waals surface area contributed by atoms with Crippen molar-refractivity contribution in [3.8, 4) is 5.75 Å². The van der Waals surface area contributed by atoms with E-state index < -0.39 is 17.6 Å². The lowest BCUT2D eigenvalue weighted by atomic mass is 10.1. The number of rotatable bonds is 8. The third-order valence-corrected chi connectivity index (χ3v) is 6.93. The Kier molecular flexibility index (Phi) is 8.27. The lowest BCUT2D eigenvalue weighted by Gasteiger charge is -2.34. The molecule has 1 saturated heterocycles. The molecule has 36 heavy (non-hydrogen) atoms. The van der Waals surface area contributed by atoms with Crippen LogP contribution in [0, 0.1) is 0 Å². The first-order valence-electron chi connectivity index (χ1n) is 11.5. The summed E-state index contributed by atoms with van der Waals surface area (Å²) in [7, 11) is 0. The second-order valence-corrected chi connectivity index (χ2v) is 9.53. The number of ether oxygens (including phenoxy) is 1. The molecule has 6 nitrogen and oxygen atoms in total. The first-order chi connectivity index (χ1) is 17.3. The molecule has 1 N–H and O–H groups in total. The molecule has 0 radical (unpaired) electrons. The molecular formula is C26H26F3N3O3S. The van der Waals surface area contributed by atoms with Gasteiger partial charge in [0.1, 0.15) is 5.75 Å². The smallest absolute Gasteiger partial charge is 0.416 e. The molecular weight excluding hydrogens is 491 g/mol. The quantitative estimate of drug-likeness (QED) is 0.481. The summed E-state index contributed by atoms with van der Waals surface area (Å²) in [5, 5.41) is 2.59. The molecule has 0 atom stereocenters. The first-order valence-corrected chi connectivity index (χ1v) is 12.3. The van der Waals surface area contributed by atoms with E-state index in [2.05, 4.69) is 10.2 Å². The van der Waals surface area contributed by atoms with Crippen LogP contribution in [0.4, 0.5) is 13.2 Å². The van der Waals surface area contributed by atoms with Crippen LogP contribution in [0.5, 0.6) is 5.75 Å². The third-order valence-electron chi connectivity index (χ3n) is 5.86. The molecule has 3 aromatic rings. The normalized spacial score (nSPS) is 14.5. The number of halogens is 3. The molecule has 4 rings (SSSR count). The van der Waals surface area contributed by atoms with E-state index in [4.69, 9.17) is 4.74 Å². The standard InChI is InChI=1S/C26H26F3N3O3S/c27-26(28,29)22-9-5-4-6-19(22)16-30-25(34)23-11-10-21(36-23)17-31-12-14-32(15-13-31)24(33)18-35-20-7-2-1-3-8-20/h1-11H,12-18H2,(H,30,34). The van der Waals surface area contributed by atoms with Gasteiger partial charge in [0.05, 0.1) is 10.4 Å². The second-order valence-electron chi connectivity index (χ2n) is 8.36. The van der Waals surface area contributed by atoms with Gasteiger partial charge in [-0.3, -0.25) is 14.5 Å². The maximum atomic E-state index is 13.2. The Morgan fingerprint density at radius 2 is 1.61 bits per heavy atom. The molecule has 0 unspecified atom stereocenters. The molecule has 0 bridgehead atoms. The number of benzene rings is 2. The molecule has 2 heterocycles. The number of para-hydroxylation sites is 1. The summed E-state index contributed by atoms with van der Waals surface area (Å²) in [5.74, 6) is 0.198. The van der Waals surface area contributed by atoms with Gasteiger partial charge in [0.2, 0.25) is 0 Å². The van der Waals surface area contributed by atoms with Gasteiger partial charge in [0, 0.05) is 44.1 Å². The highest BCUT2D eigenvalue weighted by atomic mass is 32.1. The zero-order chi connectivity index (χ0) is 25.5. The molecule has 1 aromatic heterocycles. The summed E-state index contributed by atoms with van der Waals surface area (Å²) >= 11 is 1.32. The lowest BCUT2D eigenvalue weighted by Crippen LogP contribution is -2.49. The Labute approximate surface area is 211 Å². The van der Waals surface area contributed by atoms with Crippen LogP contribution < -0.4 is 10.1 Å². The van der Waals surface area contributed by atoms with Gasteiger partial charge < -0.3 is 15.0 Å². The van der Waals surface area contributed by atoms with Crippen LogP contribution in [0.25, 0.3) is 0 Å². The summed E-state index contributed by atoms with van der Waals surface area (Å²) in [4.78, 5) is 30.4. The van der Waals surface area contributed by atoms with Crippen molar-refractivity contribution >= 4 is 23.2 Å². The summed E-state index contributed by atoms with van der Waals surface area (Å²) < 4.78 is 45.0. The number of carbonyl (C=O) groups excluding carboxylic acids is 2. The fourth-order valence-corrected chi connectivity index (χ4v) is 4.89. The number of hydrogen-bond acceptors (Lipinski definition) is 5. The first kappa shape index (κ1) is 25.7. The predicted octanol–water partition coefficient (Wildman–Crippen LogP) is 4.42. The van der Waals surface area contributed by atoms with Gasteiger partial charge in [-0.25, -0.2) is 0 Å². The van der Waals surface area contributed by atoms with Gasteiger partial charge in [-0.1, -0.05) is 36.4 Å². The van der Waals surface area contributed by atoms with Crippen LogP contribution in [0.2, 0.25) is 0 Å². The molecule has 10 heteroatoms. The maximum absolute atomic E-state index is 13.2. The van der Waals surface area contributed by atoms with Crippen LogP contribution in [0.3, 0.4) is 0 Å². The van der Waals surface area contributed by atoms with Gasteiger partial charge in [0.25, 0.3) is 11.8 Å². The van der Waals surface area contributed by atoms with Crippen molar-refractivity contribution in [2.75, 3.05) is 32.8 Å². The number of nitrogens with zero attached hydrogens (tertiary/aromatic N) is 2. The molecule has 190 valence electrons. The highest BCUT2D eigenvalue weighted by Crippen LogP contribution is 2.31. The van der Waals surface area contributed by atoms with Crippen molar-refractivity contribution in [1.29, 1.82) is 0 Å². The van der Waals surface area contributed by atoms with Crippen LogP contribution in [-0.4, -0.2) is 54.4 Å². The molecule has 2 aromatic carbocycles. The Balaban J connectivity index is 1.22. The average Bonchev–Trinajstić information content (AvgIpc) is 3.35. The maximum Gasteiger partial charge on any atom is 0.416 e. The fourth-order valence-electron chi connectivity index (χ4n) is 3.93. The summed E-state index contributed by atoms with van der Waals surface area (Å²) in [5.41, 5.74) is -0.724.